The predicted octanol–water partition coefficient (Wildman–Crippen LogP) is 0.827. The average Bonchev–Trinajstić information content (AvgIpc) is 2.95. The van der Waals surface area contributed by atoms with Crippen LogP contribution in [0.2, 0.25) is 0 Å². The van der Waals surface area contributed by atoms with Crippen molar-refractivity contribution in [3.05, 3.63) is 34.3 Å². The molecule has 1 fully saturated rings. The van der Waals surface area contributed by atoms with Gasteiger partial charge in [0.25, 0.3) is 0 Å². The highest BCUT2D eigenvalue weighted by molar-refractivity contribution is 9.10. The van der Waals surface area contributed by atoms with Gasteiger partial charge in [0.05, 0.1) is 12.6 Å². The molecule has 0 aliphatic carbocycles. The van der Waals surface area contributed by atoms with Crippen LogP contribution in [-0.4, -0.2) is 17.5 Å². The topological polar surface area (TPSA) is 66.9 Å². The Bertz CT molecular complexity index is 451. The molecule has 1 aromatic carbocycles. The number of halogens is 1. The maximum absolute atomic E-state index is 10.6. The molecule has 0 N–H and O–H groups in total. The van der Waals surface area contributed by atoms with Gasteiger partial charge >= 0.3 is 0 Å². The highest BCUT2D eigenvalue weighted by atomic mass is 79.9. The number of rotatable bonds is 1. The summed E-state index contributed by atoms with van der Waals surface area (Å²) >= 11 is 3.27. The van der Waals surface area contributed by atoms with Crippen molar-refractivity contribution in [1.82, 2.24) is 4.90 Å². The first-order valence-corrected chi connectivity index (χ1v) is 5.05. The largest absolute Gasteiger partial charge is 0.530 e. The molecule has 0 bridgehead atoms. The molecule has 0 radical (unpaired) electrons. The third-order valence-corrected chi connectivity index (χ3v) is 3.00. The van der Waals surface area contributed by atoms with Gasteiger partial charge in [-0.05, 0) is 17.7 Å². The molecule has 4 nitrogen and oxygen atoms in total. The van der Waals surface area contributed by atoms with Crippen LogP contribution in [0.1, 0.15) is 5.56 Å². The van der Waals surface area contributed by atoms with Gasteiger partial charge in [0.1, 0.15) is 6.09 Å². The van der Waals surface area contributed by atoms with Crippen molar-refractivity contribution < 1.29 is 9.90 Å². The zero-order valence-corrected chi connectivity index (χ0v) is 9.19. The fourth-order valence-electron chi connectivity index (χ4n) is 1.55. The van der Waals surface area contributed by atoms with E-state index in [9.17, 15) is 9.90 Å². The van der Waals surface area contributed by atoms with Gasteiger partial charge in [0.2, 0.25) is 0 Å². The standard InChI is InChI=1S/C10H7BrN2O2/c11-8-3-1-7(2-4-8)10(5-12)6-13(10)9(14)15/h1-4H,6H2,(H,14,15)/p-1. The second-order valence-corrected chi connectivity index (χ2v) is 4.25. The van der Waals surface area contributed by atoms with E-state index in [-0.39, 0.29) is 6.54 Å². The van der Waals surface area contributed by atoms with Gasteiger partial charge in [-0.3, -0.25) is 0 Å². The number of nitriles is 1. The van der Waals surface area contributed by atoms with Gasteiger partial charge in [0.15, 0.2) is 5.54 Å². The van der Waals surface area contributed by atoms with Gasteiger partial charge < -0.3 is 14.8 Å². The minimum absolute atomic E-state index is 0.188. The highest BCUT2D eigenvalue weighted by Crippen LogP contribution is 2.41. The van der Waals surface area contributed by atoms with E-state index in [0.29, 0.717) is 5.56 Å². The number of hydrogen-bond acceptors (Lipinski definition) is 3. The molecule has 5 heteroatoms. The summed E-state index contributed by atoms with van der Waals surface area (Å²) in [7, 11) is 0. The summed E-state index contributed by atoms with van der Waals surface area (Å²) in [5, 5.41) is 19.6. The third kappa shape index (κ3) is 1.47. The Morgan fingerprint density at radius 3 is 2.53 bits per heavy atom. The van der Waals surface area contributed by atoms with Crippen molar-refractivity contribution in [1.29, 1.82) is 5.26 Å². The van der Waals surface area contributed by atoms with Gasteiger partial charge in [-0.25, -0.2) is 0 Å². The molecular formula is C10H6BrN2O2-. The quantitative estimate of drug-likeness (QED) is 0.707. The molecule has 0 saturated carbocycles. The maximum atomic E-state index is 10.6. The molecule has 1 amide bonds. The van der Waals surface area contributed by atoms with E-state index in [1.54, 1.807) is 24.3 Å². The van der Waals surface area contributed by atoms with Crippen molar-refractivity contribution in [2.45, 2.75) is 5.54 Å². The molecular weight excluding hydrogens is 260 g/mol. The smallest absolute Gasteiger partial charge is 0.172 e. The van der Waals surface area contributed by atoms with Gasteiger partial charge in [-0.1, -0.05) is 28.1 Å². The Balaban J connectivity index is 2.35. The molecule has 1 unspecified atom stereocenters. The number of hydrogen-bond donors (Lipinski definition) is 0. The molecule has 1 aliphatic rings. The first-order chi connectivity index (χ1) is 7.10. The summed E-state index contributed by atoms with van der Waals surface area (Å²) in [5.74, 6) is 0. The van der Waals surface area contributed by atoms with E-state index in [0.717, 1.165) is 9.37 Å². The van der Waals surface area contributed by atoms with E-state index in [2.05, 4.69) is 15.9 Å². The molecule has 76 valence electrons. The lowest BCUT2D eigenvalue weighted by Crippen LogP contribution is -2.32. The molecule has 1 heterocycles. The third-order valence-electron chi connectivity index (χ3n) is 2.47. The van der Waals surface area contributed by atoms with E-state index in [1.165, 1.54) is 0 Å². The molecule has 0 aromatic heterocycles. The fraction of sp³-hybridized carbons (Fsp3) is 0.200. The Kier molecular flexibility index (Phi) is 2.16. The van der Waals surface area contributed by atoms with Crippen LogP contribution < -0.4 is 5.11 Å². The van der Waals surface area contributed by atoms with Crippen LogP contribution in [0.4, 0.5) is 4.79 Å². The summed E-state index contributed by atoms with van der Waals surface area (Å²) in [6.07, 6.45) is -1.31. The average molecular weight is 266 g/mol. The first kappa shape index (κ1) is 9.99. The summed E-state index contributed by atoms with van der Waals surface area (Å²) in [5.41, 5.74) is -0.350. The lowest BCUT2D eigenvalue weighted by Gasteiger charge is -2.11. The van der Waals surface area contributed by atoms with E-state index in [1.807, 2.05) is 6.07 Å². The van der Waals surface area contributed by atoms with Crippen molar-refractivity contribution in [3.63, 3.8) is 0 Å². The number of benzene rings is 1. The lowest BCUT2D eigenvalue weighted by molar-refractivity contribution is -0.259. The Morgan fingerprint density at radius 1 is 1.53 bits per heavy atom. The van der Waals surface area contributed by atoms with E-state index >= 15 is 0 Å². The Hall–Kier alpha value is -1.54. The van der Waals surface area contributed by atoms with Crippen LogP contribution in [0.3, 0.4) is 0 Å². The second-order valence-electron chi connectivity index (χ2n) is 3.33. The molecule has 1 aromatic rings. The van der Waals surface area contributed by atoms with Crippen molar-refractivity contribution in [3.8, 4) is 6.07 Å². The zero-order chi connectivity index (χ0) is 11.1. The summed E-state index contributed by atoms with van der Waals surface area (Å²) in [6, 6.07) is 9.03. The normalized spacial score (nSPS) is 23.3. The van der Waals surface area contributed by atoms with Gasteiger partial charge in [-0.2, -0.15) is 5.26 Å². The summed E-state index contributed by atoms with van der Waals surface area (Å²) in [4.78, 5) is 11.6. The predicted molar refractivity (Wildman–Crippen MR) is 53.5 cm³/mol. The number of amides is 1. The second kappa shape index (κ2) is 3.24. The summed E-state index contributed by atoms with van der Waals surface area (Å²) < 4.78 is 0.889. The van der Waals surface area contributed by atoms with Crippen molar-refractivity contribution >= 4 is 22.0 Å². The molecule has 2 rings (SSSR count). The molecule has 1 saturated heterocycles. The Labute approximate surface area is 94.9 Å². The van der Waals surface area contributed by atoms with Crippen molar-refractivity contribution in [2.24, 2.45) is 0 Å². The van der Waals surface area contributed by atoms with E-state index < -0.39 is 11.6 Å². The highest BCUT2D eigenvalue weighted by Gasteiger charge is 2.54. The van der Waals surface area contributed by atoms with Gasteiger partial charge in [-0.15, -0.1) is 0 Å². The SMILES string of the molecule is N#CC1(c2ccc(Br)cc2)CN1C(=O)[O-]. The van der Waals surface area contributed by atoms with Crippen LogP contribution in [0.15, 0.2) is 28.7 Å². The number of nitrogens with zero attached hydrogens (tertiary/aromatic N) is 2. The van der Waals surface area contributed by atoms with Crippen LogP contribution in [-0.2, 0) is 5.54 Å². The van der Waals surface area contributed by atoms with Crippen LogP contribution in [0, 0.1) is 11.3 Å². The minimum Gasteiger partial charge on any atom is -0.530 e. The summed E-state index contributed by atoms with van der Waals surface area (Å²) in [6.45, 7) is 0.188. The zero-order valence-electron chi connectivity index (χ0n) is 7.61. The number of carbonyl (C=O) groups is 1. The van der Waals surface area contributed by atoms with Crippen LogP contribution in [0.25, 0.3) is 0 Å². The molecule has 0 spiro atoms. The van der Waals surface area contributed by atoms with Gasteiger partial charge in [0, 0.05) is 4.47 Å². The Morgan fingerprint density at radius 2 is 2.13 bits per heavy atom. The van der Waals surface area contributed by atoms with E-state index in [4.69, 9.17) is 5.26 Å². The maximum Gasteiger partial charge on any atom is 0.172 e. The van der Waals surface area contributed by atoms with Crippen LogP contribution in [0.5, 0.6) is 0 Å². The molecule has 15 heavy (non-hydrogen) atoms. The minimum atomic E-state index is -1.31. The lowest BCUT2D eigenvalue weighted by atomic mass is 10.0. The number of carbonyl (C=O) groups excluding carboxylic acids is 1. The number of carboxylic acid groups (broad SMARTS) is 1. The molecule has 1 aliphatic heterocycles. The first-order valence-electron chi connectivity index (χ1n) is 4.26. The van der Waals surface area contributed by atoms with Crippen LogP contribution >= 0.6 is 15.9 Å². The fourth-order valence-corrected chi connectivity index (χ4v) is 1.81. The van der Waals surface area contributed by atoms with Crippen molar-refractivity contribution in [2.75, 3.05) is 6.54 Å². The molecule has 1 atom stereocenters. The monoisotopic (exact) mass is 265 g/mol.